The van der Waals surface area contributed by atoms with E-state index in [4.69, 9.17) is 11.6 Å². The van der Waals surface area contributed by atoms with Gasteiger partial charge in [0.1, 0.15) is 0 Å². The molecule has 4 nitrogen and oxygen atoms in total. The van der Waals surface area contributed by atoms with Gasteiger partial charge in [-0.3, -0.25) is 9.69 Å². The molecule has 1 aliphatic rings. The van der Waals surface area contributed by atoms with Crippen molar-refractivity contribution < 1.29 is 4.79 Å². The van der Waals surface area contributed by atoms with E-state index in [0.717, 1.165) is 43.4 Å². The molecule has 2 aromatic carbocycles. The molecule has 0 aliphatic carbocycles. The van der Waals surface area contributed by atoms with E-state index in [9.17, 15) is 4.79 Å². The van der Waals surface area contributed by atoms with Crippen LogP contribution in [0, 0.1) is 6.92 Å². The Morgan fingerprint density at radius 3 is 2.50 bits per heavy atom. The van der Waals surface area contributed by atoms with E-state index in [1.165, 1.54) is 11.1 Å². The molecule has 0 aromatic heterocycles. The number of carbonyl (C=O) groups is 1. The maximum absolute atomic E-state index is 12.6. The van der Waals surface area contributed by atoms with Gasteiger partial charge in [-0.2, -0.15) is 0 Å². The van der Waals surface area contributed by atoms with Gasteiger partial charge in [0.25, 0.3) is 0 Å². The number of amides is 1. The third kappa shape index (κ3) is 4.77. The van der Waals surface area contributed by atoms with Gasteiger partial charge in [0.2, 0.25) is 5.91 Å². The average molecular weight is 372 g/mol. The Kier molecular flexibility index (Phi) is 6.17. The van der Waals surface area contributed by atoms with E-state index in [2.05, 4.69) is 34.9 Å². The van der Waals surface area contributed by atoms with Crippen molar-refractivity contribution in [1.29, 1.82) is 0 Å². The lowest BCUT2D eigenvalue weighted by atomic mass is 10.1. The Bertz CT molecular complexity index is 756. The number of hydrogen-bond donors (Lipinski definition) is 0. The predicted octanol–water partition coefficient (Wildman–Crippen LogP) is 3.43. The van der Waals surface area contributed by atoms with Crippen molar-refractivity contribution in [1.82, 2.24) is 9.80 Å². The van der Waals surface area contributed by atoms with Crippen molar-refractivity contribution in [2.75, 3.05) is 44.7 Å². The second-order valence-electron chi connectivity index (χ2n) is 6.95. The number of carbonyl (C=O) groups excluding carboxylic acids is 1. The number of halogens is 1. The normalized spacial score (nSPS) is 14.8. The summed E-state index contributed by atoms with van der Waals surface area (Å²) in [5.41, 5.74) is 3.66. The van der Waals surface area contributed by atoms with Crippen LogP contribution in [0.5, 0.6) is 0 Å². The number of benzene rings is 2. The van der Waals surface area contributed by atoms with Crippen molar-refractivity contribution in [3.63, 3.8) is 0 Å². The molecule has 3 rings (SSSR count). The second-order valence-corrected chi connectivity index (χ2v) is 7.38. The molecule has 5 heteroatoms. The number of piperazine rings is 1. The third-order valence-electron chi connectivity index (χ3n) is 4.91. The van der Waals surface area contributed by atoms with Gasteiger partial charge >= 0.3 is 0 Å². The van der Waals surface area contributed by atoms with Crippen LogP contribution in [-0.2, 0) is 11.3 Å². The minimum atomic E-state index is 0.201. The topological polar surface area (TPSA) is 26.8 Å². The summed E-state index contributed by atoms with van der Waals surface area (Å²) in [6, 6.07) is 16.2. The zero-order chi connectivity index (χ0) is 18.5. The monoisotopic (exact) mass is 371 g/mol. The summed E-state index contributed by atoms with van der Waals surface area (Å²) >= 11 is 6.08. The number of anilines is 1. The van der Waals surface area contributed by atoms with Crippen LogP contribution in [0.3, 0.4) is 0 Å². The number of nitrogens with zero attached hydrogens (tertiary/aromatic N) is 3. The Morgan fingerprint density at radius 1 is 1.08 bits per heavy atom. The van der Waals surface area contributed by atoms with E-state index >= 15 is 0 Å². The molecule has 1 aliphatic heterocycles. The summed E-state index contributed by atoms with van der Waals surface area (Å²) in [5, 5.41) is 0.749. The molecule has 0 N–H and O–H groups in total. The van der Waals surface area contributed by atoms with Gasteiger partial charge in [-0.15, -0.1) is 0 Å². The Morgan fingerprint density at radius 2 is 1.81 bits per heavy atom. The van der Waals surface area contributed by atoms with Crippen molar-refractivity contribution in [3.8, 4) is 0 Å². The lowest BCUT2D eigenvalue weighted by molar-refractivity contribution is -0.132. The molecule has 1 heterocycles. The fourth-order valence-corrected chi connectivity index (χ4v) is 3.54. The highest BCUT2D eigenvalue weighted by Gasteiger charge is 2.22. The van der Waals surface area contributed by atoms with Crippen molar-refractivity contribution in [3.05, 3.63) is 64.7 Å². The molecular weight excluding hydrogens is 346 g/mol. The van der Waals surface area contributed by atoms with Crippen LogP contribution in [0.2, 0.25) is 5.02 Å². The molecule has 138 valence electrons. The molecule has 1 amide bonds. The first-order valence-corrected chi connectivity index (χ1v) is 9.42. The predicted molar refractivity (Wildman–Crippen MR) is 108 cm³/mol. The summed E-state index contributed by atoms with van der Waals surface area (Å²) < 4.78 is 0. The highest BCUT2D eigenvalue weighted by molar-refractivity contribution is 6.30. The summed E-state index contributed by atoms with van der Waals surface area (Å²) in [5.74, 6) is 0.201. The Labute approximate surface area is 161 Å². The van der Waals surface area contributed by atoms with Crippen LogP contribution in [0.1, 0.15) is 11.1 Å². The molecule has 1 saturated heterocycles. The highest BCUT2D eigenvalue weighted by Crippen LogP contribution is 2.21. The maximum Gasteiger partial charge on any atom is 0.236 e. The first kappa shape index (κ1) is 18.7. The second kappa shape index (κ2) is 8.56. The molecule has 0 atom stereocenters. The van der Waals surface area contributed by atoms with E-state index < -0.39 is 0 Å². The molecule has 1 fully saturated rings. The first-order chi connectivity index (χ1) is 12.5. The molecular formula is C21H26ClN3O. The number of likely N-dealkylation sites (N-methyl/N-ethyl adjacent to an activating group) is 1. The van der Waals surface area contributed by atoms with E-state index in [1.54, 1.807) is 0 Å². The largest absolute Gasteiger partial charge is 0.368 e. The van der Waals surface area contributed by atoms with Gasteiger partial charge in [-0.1, -0.05) is 41.9 Å². The van der Waals surface area contributed by atoms with Gasteiger partial charge < -0.3 is 9.80 Å². The number of rotatable bonds is 5. The molecule has 0 radical (unpaired) electrons. The fourth-order valence-electron chi connectivity index (χ4n) is 3.35. The van der Waals surface area contributed by atoms with E-state index in [1.807, 2.05) is 42.3 Å². The minimum absolute atomic E-state index is 0.201. The zero-order valence-electron chi connectivity index (χ0n) is 15.5. The standard InChI is InChI=1S/C21H26ClN3O/c1-17-6-3-4-7-18(17)15-23(2)16-21(26)25-12-10-24(11-13-25)20-9-5-8-19(22)14-20/h3-9,14H,10-13,15-16H2,1-2H3. The van der Waals surface area contributed by atoms with Gasteiger partial charge in [0.15, 0.2) is 0 Å². The number of hydrogen-bond acceptors (Lipinski definition) is 3. The molecule has 0 unspecified atom stereocenters. The summed E-state index contributed by atoms with van der Waals surface area (Å²) in [6.07, 6.45) is 0. The smallest absolute Gasteiger partial charge is 0.236 e. The SMILES string of the molecule is Cc1ccccc1CN(C)CC(=O)N1CCN(c2cccc(Cl)c2)CC1. The zero-order valence-corrected chi connectivity index (χ0v) is 16.2. The Balaban J connectivity index is 1.50. The van der Waals surface area contributed by atoms with Crippen molar-refractivity contribution >= 4 is 23.2 Å². The molecule has 0 saturated carbocycles. The van der Waals surface area contributed by atoms with Crippen molar-refractivity contribution in [2.45, 2.75) is 13.5 Å². The van der Waals surface area contributed by atoms with Crippen LogP contribution in [0.4, 0.5) is 5.69 Å². The highest BCUT2D eigenvalue weighted by atomic mass is 35.5. The van der Waals surface area contributed by atoms with E-state index in [0.29, 0.717) is 6.54 Å². The van der Waals surface area contributed by atoms with Gasteiger partial charge in [-0.25, -0.2) is 0 Å². The van der Waals surface area contributed by atoms with Crippen LogP contribution in [-0.4, -0.2) is 55.5 Å². The molecule has 26 heavy (non-hydrogen) atoms. The van der Waals surface area contributed by atoms with Gasteiger partial charge in [0.05, 0.1) is 6.54 Å². The summed E-state index contributed by atoms with van der Waals surface area (Å²) in [4.78, 5) is 19.0. The first-order valence-electron chi connectivity index (χ1n) is 9.04. The van der Waals surface area contributed by atoms with E-state index in [-0.39, 0.29) is 5.91 Å². The minimum Gasteiger partial charge on any atom is -0.368 e. The van der Waals surface area contributed by atoms with Crippen LogP contribution < -0.4 is 4.90 Å². The van der Waals surface area contributed by atoms with Crippen LogP contribution in [0.25, 0.3) is 0 Å². The van der Waals surface area contributed by atoms with Gasteiger partial charge in [-0.05, 0) is 43.3 Å². The summed E-state index contributed by atoms with van der Waals surface area (Å²) in [6.45, 7) is 6.54. The lowest BCUT2D eigenvalue weighted by Crippen LogP contribution is -2.51. The average Bonchev–Trinajstić information content (AvgIpc) is 2.64. The third-order valence-corrected chi connectivity index (χ3v) is 5.15. The van der Waals surface area contributed by atoms with Crippen molar-refractivity contribution in [2.24, 2.45) is 0 Å². The fraction of sp³-hybridized carbons (Fsp3) is 0.381. The maximum atomic E-state index is 12.6. The van der Waals surface area contributed by atoms with Crippen LogP contribution in [0.15, 0.2) is 48.5 Å². The molecule has 2 aromatic rings. The van der Waals surface area contributed by atoms with Crippen LogP contribution >= 0.6 is 11.6 Å². The quantitative estimate of drug-likeness (QED) is 0.805. The molecule has 0 spiro atoms. The molecule has 0 bridgehead atoms. The number of aryl methyl sites for hydroxylation is 1. The lowest BCUT2D eigenvalue weighted by Gasteiger charge is -2.36. The summed E-state index contributed by atoms with van der Waals surface area (Å²) in [7, 11) is 2.01. The Hall–Kier alpha value is -2.04. The van der Waals surface area contributed by atoms with Gasteiger partial charge in [0, 0.05) is 43.4 Å².